The average molecular weight is 333 g/mol. The third kappa shape index (κ3) is 3.92. The summed E-state index contributed by atoms with van der Waals surface area (Å²) in [7, 11) is -1.77. The molecule has 0 amide bonds. The number of rotatable bonds is 3. The van der Waals surface area contributed by atoms with Crippen molar-refractivity contribution >= 4 is 36.9 Å². The number of hydrogen-bond donors (Lipinski definition) is 1. The van der Waals surface area contributed by atoms with Gasteiger partial charge >= 0.3 is 118 Å². The van der Waals surface area contributed by atoms with Crippen LogP contribution in [0.1, 0.15) is 26.3 Å². The molecule has 0 aromatic heterocycles. The molecule has 0 bridgehead atoms. The van der Waals surface area contributed by atoms with Gasteiger partial charge in [-0.05, 0) is 0 Å². The number of hydrogen-bond acceptors (Lipinski definition) is 3. The van der Waals surface area contributed by atoms with Gasteiger partial charge in [-0.25, -0.2) is 0 Å². The molecular formula is C12H20AsNO3S. The molecule has 1 unspecified atom stereocenters. The van der Waals surface area contributed by atoms with Crippen LogP contribution in [0.15, 0.2) is 12.1 Å². The van der Waals surface area contributed by atoms with E-state index in [-0.39, 0.29) is 5.41 Å². The van der Waals surface area contributed by atoms with Gasteiger partial charge in [-0.15, -0.1) is 0 Å². The van der Waals surface area contributed by atoms with Crippen molar-refractivity contribution in [3.8, 4) is 5.75 Å². The molecule has 0 spiro atoms. The van der Waals surface area contributed by atoms with Gasteiger partial charge in [0.1, 0.15) is 0 Å². The van der Waals surface area contributed by atoms with Gasteiger partial charge in [0.25, 0.3) is 0 Å². The van der Waals surface area contributed by atoms with Crippen LogP contribution in [0, 0.1) is 0 Å². The summed E-state index contributed by atoms with van der Waals surface area (Å²) in [5.41, 5.74) is 1.54. The summed E-state index contributed by atoms with van der Waals surface area (Å²) in [4.78, 5) is 0. The molecule has 18 heavy (non-hydrogen) atoms. The average Bonchev–Trinajstić information content (AvgIpc) is 2.13. The zero-order chi connectivity index (χ0) is 14.1. The summed E-state index contributed by atoms with van der Waals surface area (Å²) >= 11 is 1.41. The van der Waals surface area contributed by atoms with Gasteiger partial charge in [-0.1, -0.05) is 0 Å². The quantitative estimate of drug-likeness (QED) is 0.826. The van der Waals surface area contributed by atoms with Crippen molar-refractivity contribution in [2.75, 3.05) is 18.1 Å². The fourth-order valence-corrected chi connectivity index (χ4v) is 3.09. The van der Waals surface area contributed by atoms with Crippen LogP contribution in [0.2, 0.25) is 0 Å². The summed E-state index contributed by atoms with van der Waals surface area (Å²) in [5, 5.41) is 0. The molecule has 0 heterocycles. The second-order valence-corrected chi connectivity index (χ2v) is 8.32. The number of sulfonamides is 1. The van der Waals surface area contributed by atoms with Gasteiger partial charge in [-0.2, -0.15) is 0 Å². The Morgan fingerprint density at radius 3 is 2.22 bits per heavy atom. The van der Waals surface area contributed by atoms with E-state index in [1.807, 2.05) is 12.1 Å². The normalized spacial score (nSPS) is 12.3. The predicted octanol–water partition coefficient (Wildman–Crippen LogP) is 0.623. The van der Waals surface area contributed by atoms with Gasteiger partial charge in [-0.3, -0.25) is 0 Å². The van der Waals surface area contributed by atoms with E-state index in [9.17, 15) is 8.42 Å². The van der Waals surface area contributed by atoms with Crippen LogP contribution in [-0.2, 0) is 15.4 Å². The molecule has 4 nitrogen and oxygen atoms in total. The minimum absolute atomic E-state index is 0.0406. The first-order valence-corrected chi connectivity index (χ1v) is 8.60. The van der Waals surface area contributed by atoms with Crippen LogP contribution in [-0.4, -0.2) is 38.6 Å². The van der Waals surface area contributed by atoms with Crippen molar-refractivity contribution < 1.29 is 13.2 Å². The Kier molecular flexibility index (Phi) is 4.39. The molecule has 0 aliphatic rings. The summed E-state index contributed by atoms with van der Waals surface area (Å²) in [5.74, 6) is 0.591. The zero-order valence-electron chi connectivity index (χ0n) is 11.4. The van der Waals surface area contributed by atoms with Gasteiger partial charge < -0.3 is 0 Å². The van der Waals surface area contributed by atoms with Crippen LogP contribution in [0.4, 0.5) is 5.69 Å². The first-order chi connectivity index (χ1) is 8.04. The van der Waals surface area contributed by atoms with E-state index < -0.39 is 10.0 Å². The number of anilines is 1. The molecule has 0 radical (unpaired) electrons. The Labute approximate surface area is 118 Å². The summed E-state index contributed by atoms with van der Waals surface area (Å²) in [6, 6.07) is 3.88. The van der Waals surface area contributed by atoms with Crippen molar-refractivity contribution in [1.29, 1.82) is 0 Å². The molecule has 1 rings (SSSR count). The van der Waals surface area contributed by atoms with Crippen molar-refractivity contribution in [2.45, 2.75) is 26.2 Å². The van der Waals surface area contributed by atoms with Gasteiger partial charge in [0.2, 0.25) is 0 Å². The molecule has 0 aliphatic carbocycles. The standard InChI is InChI=1S/C12H20AsNO3S/c1-12(2,3)8-6-9(13)11(17-4)10(7-8)14-18(5,15)16/h6-7,14H,13H2,1-5H3. The number of benzene rings is 1. The second kappa shape index (κ2) is 5.14. The summed E-state index contributed by atoms with van der Waals surface area (Å²) < 4.78 is 31.5. The van der Waals surface area contributed by atoms with Crippen molar-refractivity contribution in [3.05, 3.63) is 17.7 Å². The Morgan fingerprint density at radius 2 is 1.83 bits per heavy atom. The molecule has 0 fully saturated rings. The van der Waals surface area contributed by atoms with Crippen LogP contribution < -0.4 is 13.8 Å². The SMILES string of the molecule is COc1c([AsH2])cc(C(C)(C)C)cc1NS(C)(=O)=O. The minimum atomic E-state index is -3.31. The van der Waals surface area contributed by atoms with Crippen molar-refractivity contribution in [1.82, 2.24) is 0 Å². The van der Waals surface area contributed by atoms with Crippen LogP contribution in [0.5, 0.6) is 5.75 Å². The Bertz CT molecular complexity index is 547. The van der Waals surface area contributed by atoms with Crippen molar-refractivity contribution in [2.24, 2.45) is 0 Å². The van der Waals surface area contributed by atoms with Gasteiger partial charge in [0, 0.05) is 0 Å². The fourth-order valence-electron chi connectivity index (χ4n) is 1.59. The fraction of sp³-hybridized carbons (Fsp3) is 0.500. The van der Waals surface area contributed by atoms with E-state index in [0.717, 1.165) is 16.2 Å². The number of ether oxygens (including phenoxy) is 1. The van der Waals surface area contributed by atoms with E-state index in [1.165, 1.54) is 16.9 Å². The summed E-state index contributed by atoms with van der Waals surface area (Å²) in [6.45, 7) is 6.27. The van der Waals surface area contributed by atoms with Gasteiger partial charge in [0.15, 0.2) is 0 Å². The van der Waals surface area contributed by atoms with E-state index in [4.69, 9.17) is 4.74 Å². The maximum atomic E-state index is 11.4. The van der Waals surface area contributed by atoms with E-state index >= 15 is 0 Å². The third-order valence-corrected chi connectivity index (χ3v) is 3.97. The van der Waals surface area contributed by atoms with Crippen LogP contribution >= 0.6 is 0 Å². The monoisotopic (exact) mass is 333 g/mol. The van der Waals surface area contributed by atoms with Gasteiger partial charge in [0.05, 0.1) is 0 Å². The molecule has 6 heteroatoms. The Balaban J connectivity index is 3.42. The number of nitrogens with one attached hydrogen (secondary N) is 1. The van der Waals surface area contributed by atoms with Crippen LogP contribution in [0.3, 0.4) is 0 Å². The molecule has 0 aliphatic heterocycles. The molecule has 102 valence electrons. The molecular weight excluding hydrogens is 313 g/mol. The first-order valence-electron chi connectivity index (χ1n) is 5.50. The summed E-state index contributed by atoms with van der Waals surface area (Å²) in [6.07, 6.45) is 1.14. The number of methoxy groups -OCH3 is 1. The molecule has 0 saturated heterocycles. The molecule has 0 saturated carbocycles. The van der Waals surface area contributed by atoms with Crippen LogP contribution in [0.25, 0.3) is 0 Å². The Morgan fingerprint density at radius 1 is 1.28 bits per heavy atom. The molecule has 1 atom stereocenters. The predicted molar refractivity (Wildman–Crippen MR) is 78.3 cm³/mol. The molecule has 1 N–H and O–H groups in total. The van der Waals surface area contributed by atoms with E-state index in [0.29, 0.717) is 11.4 Å². The van der Waals surface area contributed by atoms with E-state index in [1.54, 1.807) is 7.11 Å². The topological polar surface area (TPSA) is 55.4 Å². The Hall–Kier alpha value is -0.672. The first kappa shape index (κ1) is 15.4. The maximum absolute atomic E-state index is 11.4. The third-order valence-electron chi connectivity index (χ3n) is 2.48. The van der Waals surface area contributed by atoms with Crippen molar-refractivity contribution in [3.63, 3.8) is 0 Å². The van der Waals surface area contributed by atoms with E-state index in [2.05, 4.69) is 25.5 Å². The second-order valence-electron chi connectivity index (χ2n) is 5.27. The molecule has 1 aromatic rings. The zero-order valence-corrected chi connectivity index (χ0v) is 14.6. The molecule has 1 aromatic carbocycles.